The number of carbonyl (C=O) groups excluding carboxylic acids is 4. The van der Waals surface area contributed by atoms with E-state index in [1.807, 2.05) is 0 Å². The van der Waals surface area contributed by atoms with Crippen molar-refractivity contribution in [2.45, 2.75) is 43.4 Å². The van der Waals surface area contributed by atoms with E-state index in [4.69, 9.17) is 17.2 Å². The average Bonchev–Trinajstić information content (AvgIpc) is 3.64. The van der Waals surface area contributed by atoms with Gasteiger partial charge in [0.1, 0.15) is 35.7 Å². The van der Waals surface area contributed by atoms with E-state index in [1.165, 1.54) is 30.0 Å². The SMILES string of the molecule is CN=C(C(=O)NC1C(=O)N2C(C(=O)O)=C(C[n+]3cccc4c3ncn4CC(=O)NCCCC(N)C(N)=O)CSC12)c1nsc(N)n1. The minimum absolute atomic E-state index is 0.0191. The second-order valence-corrected chi connectivity index (χ2v) is 12.3. The number of primary amides is 1. The molecule has 1 fully saturated rings. The molecule has 0 radical (unpaired) electrons. The Morgan fingerprint density at radius 2 is 2.09 bits per heavy atom. The second kappa shape index (κ2) is 13.6. The van der Waals surface area contributed by atoms with E-state index in [1.54, 1.807) is 27.5 Å². The van der Waals surface area contributed by atoms with E-state index in [-0.39, 0.29) is 47.1 Å². The van der Waals surface area contributed by atoms with Crippen molar-refractivity contribution >= 4 is 74.9 Å². The topological polar surface area (TPSA) is 271 Å². The van der Waals surface area contributed by atoms with E-state index in [0.717, 1.165) is 11.5 Å². The number of aliphatic carboxylic acids is 1. The zero-order valence-electron chi connectivity index (χ0n) is 24.5. The molecule has 46 heavy (non-hydrogen) atoms. The van der Waals surface area contributed by atoms with Crippen LogP contribution in [0.15, 0.2) is 40.9 Å². The minimum Gasteiger partial charge on any atom is -0.477 e. The fourth-order valence-corrected chi connectivity index (χ4v) is 6.86. The normalized spacial score (nSPS) is 18.6. The monoisotopic (exact) mass is 671 g/mol. The van der Waals surface area contributed by atoms with E-state index in [0.29, 0.717) is 36.1 Å². The number of nitrogens with two attached hydrogens (primary N) is 3. The number of fused-ring (bicyclic) bond motifs is 2. The van der Waals surface area contributed by atoms with Crippen LogP contribution >= 0.6 is 23.3 Å². The molecule has 4 amide bonds. The van der Waals surface area contributed by atoms with Gasteiger partial charge in [-0.05, 0) is 30.0 Å². The van der Waals surface area contributed by atoms with E-state index in [9.17, 15) is 29.1 Å². The summed E-state index contributed by atoms with van der Waals surface area (Å²) in [6.07, 6.45) is 4.08. The number of thioether (sulfide) groups is 1. The van der Waals surface area contributed by atoms with Gasteiger partial charge >= 0.3 is 11.6 Å². The lowest BCUT2D eigenvalue weighted by Crippen LogP contribution is -2.71. The zero-order chi connectivity index (χ0) is 33.1. The number of nitrogens with zero attached hydrogens (tertiary/aromatic N) is 7. The molecule has 2 aliphatic rings. The van der Waals surface area contributed by atoms with Crippen LogP contribution in [0.5, 0.6) is 0 Å². The maximum Gasteiger partial charge on any atom is 0.352 e. The van der Waals surface area contributed by atoms with Crippen molar-refractivity contribution < 1.29 is 33.6 Å². The quantitative estimate of drug-likeness (QED) is 0.0470. The van der Waals surface area contributed by atoms with Crippen molar-refractivity contribution in [2.24, 2.45) is 16.5 Å². The third-order valence-electron chi connectivity index (χ3n) is 7.33. The maximum atomic E-state index is 13.2. The minimum atomic E-state index is -1.27. The fraction of sp³-hybridized carbons (Fsp3) is 0.385. The highest BCUT2D eigenvalue weighted by Gasteiger charge is 2.54. The molecular formula is C26H31N12O6S2+. The molecule has 3 atom stereocenters. The Morgan fingerprint density at radius 1 is 1.30 bits per heavy atom. The standard InChI is InChI=1S/C26H30N12O6S2/c1-30-16(20-34-26(29)46-35-20)22(41)33-17-23(42)38-18(25(43)44)12(10-45-24(17)38)8-36-7-3-5-14-21(36)32-11-37(14)9-15(39)31-6-2-4-13(27)19(28)40/h3,5,7,11,13,17,24H,2,4,6,8-10,27H2,1H3,(H6-,28,29,31,33,34,35,39,40,41,43,44)/p+1. The van der Waals surface area contributed by atoms with Crippen LogP contribution in [-0.4, -0.2) is 101 Å². The maximum absolute atomic E-state index is 13.2. The summed E-state index contributed by atoms with van der Waals surface area (Å²) >= 11 is 2.22. The number of β-lactam (4-membered cyclic amide) rings is 1. The molecule has 20 heteroatoms. The molecule has 1 saturated heterocycles. The van der Waals surface area contributed by atoms with E-state index >= 15 is 0 Å². The highest BCUT2D eigenvalue weighted by atomic mass is 32.2. The summed E-state index contributed by atoms with van der Waals surface area (Å²) in [6, 6.07) is 1.80. The first-order chi connectivity index (χ1) is 22.0. The molecule has 9 N–H and O–H groups in total. The molecule has 0 saturated carbocycles. The number of nitrogens with one attached hydrogen (secondary N) is 2. The molecule has 3 aromatic heterocycles. The van der Waals surface area contributed by atoms with Gasteiger partial charge in [-0.1, -0.05) is 0 Å². The number of rotatable bonds is 13. The summed E-state index contributed by atoms with van der Waals surface area (Å²) in [5, 5.41) is 15.1. The van der Waals surface area contributed by atoms with Crippen LogP contribution in [0.3, 0.4) is 0 Å². The number of hydrogen-bond donors (Lipinski definition) is 6. The van der Waals surface area contributed by atoms with Crippen molar-refractivity contribution in [1.82, 2.24) is 34.4 Å². The molecule has 242 valence electrons. The Kier molecular flexibility index (Phi) is 9.58. The summed E-state index contributed by atoms with van der Waals surface area (Å²) in [5.74, 6) is -3.08. The van der Waals surface area contributed by atoms with E-state index < -0.39 is 41.1 Å². The number of carboxylic acids is 1. The number of amides is 4. The van der Waals surface area contributed by atoms with Gasteiger partial charge in [0.2, 0.25) is 18.1 Å². The lowest BCUT2D eigenvalue weighted by molar-refractivity contribution is -0.664. The second-order valence-electron chi connectivity index (χ2n) is 10.4. The van der Waals surface area contributed by atoms with Crippen molar-refractivity contribution in [1.29, 1.82) is 0 Å². The number of nitrogen functional groups attached to an aromatic ring is 1. The number of aromatic nitrogens is 5. The van der Waals surface area contributed by atoms with Crippen LogP contribution in [0, 0.1) is 0 Å². The van der Waals surface area contributed by atoms with Gasteiger partial charge in [0, 0.05) is 36.5 Å². The molecule has 3 aromatic rings. The first-order valence-electron chi connectivity index (χ1n) is 13.9. The van der Waals surface area contributed by atoms with Gasteiger partial charge < -0.3 is 32.9 Å². The van der Waals surface area contributed by atoms with Crippen LogP contribution < -0.4 is 32.4 Å². The van der Waals surface area contributed by atoms with Gasteiger partial charge in [-0.25, -0.2) is 9.36 Å². The summed E-state index contributed by atoms with van der Waals surface area (Å²) in [4.78, 5) is 75.6. The highest BCUT2D eigenvalue weighted by Crippen LogP contribution is 2.40. The Morgan fingerprint density at radius 3 is 2.76 bits per heavy atom. The Hall–Kier alpha value is -4.95. The van der Waals surface area contributed by atoms with E-state index in [2.05, 4.69) is 30.0 Å². The van der Waals surface area contributed by atoms with Crippen molar-refractivity contribution in [3.63, 3.8) is 0 Å². The number of aliphatic imine (C=N–C) groups is 1. The zero-order valence-corrected chi connectivity index (χ0v) is 26.1. The Bertz CT molecular complexity index is 1790. The highest BCUT2D eigenvalue weighted by molar-refractivity contribution is 8.00. The van der Waals surface area contributed by atoms with Gasteiger partial charge in [-0.15, -0.1) is 11.8 Å². The van der Waals surface area contributed by atoms with Gasteiger partial charge in [0.15, 0.2) is 16.7 Å². The van der Waals surface area contributed by atoms with Gasteiger partial charge in [0.25, 0.3) is 11.8 Å². The largest absolute Gasteiger partial charge is 0.477 e. The number of anilines is 1. The van der Waals surface area contributed by atoms with Gasteiger partial charge in [-0.2, -0.15) is 9.36 Å². The molecule has 5 rings (SSSR count). The molecule has 0 aliphatic carbocycles. The Labute approximate surface area is 269 Å². The average molecular weight is 672 g/mol. The molecule has 5 heterocycles. The Balaban J connectivity index is 1.27. The fourth-order valence-electron chi connectivity index (χ4n) is 5.09. The summed E-state index contributed by atoms with van der Waals surface area (Å²) in [7, 11) is 1.39. The number of carbonyl (C=O) groups is 5. The lowest BCUT2D eigenvalue weighted by Gasteiger charge is -2.49. The third kappa shape index (κ3) is 6.53. The first-order valence-corrected chi connectivity index (χ1v) is 15.7. The van der Waals surface area contributed by atoms with Crippen molar-refractivity contribution in [3.05, 3.63) is 41.8 Å². The summed E-state index contributed by atoms with van der Waals surface area (Å²) in [5.41, 5.74) is 17.7. The molecule has 0 aromatic carbocycles. The third-order valence-corrected chi connectivity index (χ3v) is 9.22. The number of pyridine rings is 1. The molecular weight excluding hydrogens is 640 g/mol. The van der Waals surface area contributed by atoms with Crippen molar-refractivity contribution in [3.8, 4) is 0 Å². The van der Waals surface area contributed by atoms with Crippen molar-refractivity contribution in [2.75, 3.05) is 25.1 Å². The van der Waals surface area contributed by atoms with Crippen LogP contribution in [-0.2, 0) is 37.1 Å². The molecule has 0 spiro atoms. The molecule has 0 bridgehead atoms. The van der Waals surface area contributed by atoms with Crippen LogP contribution in [0.2, 0.25) is 0 Å². The number of carboxylic acid groups (broad SMARTS) is 1. The molecule has 18 nitrogen and oxygen atoms in total. The summed E-state index contributed by atoms with van der Waals surface area (Å²) < 4.78 is 7.39. The predicted octanol–water partition coefficient (Wildman–Crippen LogP) is -2.68. The van der Waals surface area contributed by atoms with Crippen LogP contribution in [0.1, 0.15) is 18.7 Å². The van der Waals surface area contributed by atoms with Crippen LogP contribution in [0.4, 0.5) is 5.13 Å². The number of hydrogen-bond acceptors (Lipinski definition) is 13. The number of imidazole rings is 1. The van der Waals surface area contributed by atoms with Gasteiger partial charge in [-0.3, -0.25) is 33.6 Å². The van der Waals surface area contributed by atoms with Gasteiger partial charge in [0.05, 0.1) is 12.2 Å². The van der Waals surface area contributed by atoms with Crippen LogP contribution in [0.25, 0.3) is 11.2 Å². The first kappa shape index (κ1) is 32.4. The smallest absolute Gasteiger partial charge is 0.352 e. The molecule has 2 aliphatic heterocycles. The summed E-state index contributed by atoms with van der Waals surface area (Å²) in [6.45, 7) is 0.420. The lowest BCUT2D eigenvalue weighted by atomic mass is 10.0. The predicted molar refractivity (Wildman–Crippen MR) is 166 cm³/mol. The molecule has 3 unspecified atom stereocenters.